The second-order valence-electron chi connectivity index (χ2n) is 6.68. The maximum atomic E-state index is 11.9. The van der Waals surface area contributed by atoms with Crippen LogP contribution in [0.5, 0.6) is 0 Å². The zero-order valence-corrected chi connectivity index (χ0v) is 14.6. The summed E-state index contributed by atoms with van der Waals surface area (Å²) >= 11 is 3.47. The van der Waals surface area contributed by atoms with Gasteiger partial charge in [0, 0.05) is 10.0 Å². The molecule has 1 atom stereocenters. The highest BCUT2D eigenvalue weighted by Crippen LogP contribution is 2.34. The number of rotatable bonds is 2. The van der Waals surface area contributed by atoms with Crippen molar-refractivity contribution in [1.82, 2.24) is 5.32 Å². The predicted octanol–water partition coefficient (Wildman–Crippen LogP) is 4.39. The Kier molecular flexibility index (Phi) is 4.63. The molecule has 0 aliphatic carbocycles. The number of ether oxygens (including phenoxy) is 1. The van der Waals surface area contributed by atoms with Crippen molar-refractivity contribution in [3.05, 3.63) is 28.2 Å². The summed E-state index contributed by atoms with van der Waals surface area (Å²) in [5.41, 5.74) is 1.38. The van der Waals surface area contributed by atoms with Gasteiger partial charge in [-0.25, -0.2) is 4.79 Å². The first-order valence-corrected chi connectivity index (χ1v) is 8.04. The molecule has 5 heteroatoms. The smallest absolute Gasteiger partial charge is 0.412 e. The van der Waals surface area contributed by atoms with Gasteiger partial charge in [0.2, 0.25) is 0 Å². The summed E-state index contributed by atoms with van der Waals surface area (Å²) in [6.45, 7) is 8.77. The highest BCUT2D eigenvalue weighted by Gasteiger charge is 2.30. The van der Waals surface area contributed by atoms with Gasteiger partial charge in [0.25, 0.3) is 0 Å². The first-order valence-electron chi connectivity index (χ1n) is 7.25. The summed E-state index contributed by atoms with van der Waals surface area (Å²) < 4.78 is 6.15. The molecule has 4 nitrogen and oxygen atoms in total. The number of halogens is 1. The van der Waals surface area contributed by atoms with Gasteiger partial charge in [-0.1, -0.05) is 6.07 Å². The van der Waals surface area contributed by atoms with Crippen LogP contribution in [0.4, 0.5) is 10.5 Å². The predicted molar refractivity (Wildman–Crippen MR) is 88.6 cm³/mol. The fraction of sp³-hybridized carbons (Fsp3) is 0.562. The lowest BCUT2D eigenvalue weighted by atomic mass is 9.90. The number of amides is 1. The third-order valence-corrected chi connectivity index (χ3v) is 4.30. The molecule has 116 valence electrons. The summed E-state index contributed by atoms with van der Waals surface area (Å²) in [7, 11) is 0. The number of nitrogens with one attached hydrogen (secondary N) is 2. The van der Waals surface area contributed by atoms with Gasteiger partial charge in [-0.3, -0.25) is 5.32 Å². The van der Waals surface area contributed by atoms with Crippen LogP contribution in [-0.2, 0) is 10.3 Å². The minimum atomic E-state index is -0.507. The van der Waals surface area contributed by atoms with Crippen LogP contribution in [0.1, 0.15) is 46.1 Å². The second kappa shape index (κ2) is 5.97. The van der Waals surface area contributed by atoms with Crippen LogP contribution in [0.25, 0.3) is 0 Å². The van der Waals surface area contributed by atoms with E-state index in [1.165, 1.54) is 12.0 Å². The Bertz CT molecular complexity index is 532. The van der Waals surface area contributed by atoms with Crippen LogP contribution >= 0.6 is 15.9 Å². The first kappa shape index (κ1) is 16.3. The topological polar surface area (TPSA) is 50.4 Å². The van der Waals surface area contributed by atoms with Gasteiger partial charge < -0.3 is 10.1 Å². The molecule has 0 radical (unpaired) electrons. The lowest BCUT2D eigenvalue weighted by Gasteiger charge is -2.26. The molecular weight excluding hydrogens is 332 g/mol. The number of hydrogen-bond donors (Lipinski definition) is 2. The van der Waals surface area contributed by atoms with E-state index in [9.17, 15) is 4.79 Å². The van der Waals surface area contributed by atoms with E-state index in [2.05, 4.69) is 39.6 Å². The lowest BCUT2D eigenvalue weighted by molar-refractivity contribution is 0.0636. The summed E-state index contributed by atoms with van der Waals surface area (Å²) in [6.07, 6.45) is 1.83. The Balaban J connectivity index is 2.18. The number of carbonyl (C=O) groups is 1. The van der Waals surface area contributed by atoms with Crippen molar-refractivity contribution >= 4 is 27.7 Å². The van der Waals surface area contributed by atoms with E-state index in [4.69, 9.17) is 4.74 Å². The second-order valence-corrected chi connectivity index (χ2v) is 7.54. The van der Waals surface area contributed by atoms with Crippen LogP contribution in [-0.4, -0.2) is 18.2 Å². The molecule has 2 N–H and O–H groups in total. The minimum absolute atomic E-state index is 0.0228. The fourth-order valence-corrected chi connectivity index (χ4v) is 2.86. The fourth-order valence-electron chi connectivity index (χ4n) is 2.52. The van der Waals surface area contributed by atoms with Gasteiger partial charge in [0.15, 0.2) is 0 Å². The molecule has 21 heavy (non-hydrogen) atoms. The Morgan fingerprint density at radius 2 is 2.14 bits per heavy atom. The third kappa shape index (κ3) is 4.20. The van der Waals surface area contributed by atoms with E-state index >= 15 is 0 Å². The van der Waals surface area contributed by atoms with Crippen molar-refractivity contribution in [1.29, 1.82) is 0 Å². The standard InChI is InChI=1S/C16H23BrN2O2/c1-15(2,3)21-14(20)19-13-10-11(6-7-12(13)17)16(4)8-5-9-18-16/h6-7,10,18H,5,8-9H2,1-4H3,(H,19,20). The monoisotopic (exact) mass is 354 g/mol. The number of hydrogen-bond acceptors (Lipinski definition) is 3. The van der Waals surface area contributed by atoms with Crippen molar-refractivity contribution in [3.8, 4) is 0 Å². The average molecular weight is 355 g/mol. The van der Waals surface area contributed by atoms with Crippen LogP contribution in [0, 0.1) is 0 Å². The highest BCUT2D eigenvalue weighted by molar-refractivity contribution is 9.10. The largest absolute Gasteiger partial charge is 0.444 e. The lowest BCUT2D eigenvalue weighted by Crippen LogP contribution is -2.33. The van der Waals surface area contributed by atoms with Crippen LogP contribution in [0.15, 0.2) is 22.7 Å². The molecule has 1 aromatic rings. The third-order valence-electron chi connectivity index (χ3n) is 3.61. The van der Waals surface area contributed by atoms with Crippen LogP contribution in [0.3, 0.4) is 0 Å². The number of anilines is 1. The summed E-state index contributed by atoms with van der Waals surface area (Å²) in [4.78, 5) is 11.9. The zero-order valence-electron chi connectivity index (χ0n) is 13.0. The Morgan fingerprint density at radius 3 is 2.71 bits per heavy atom. The summed E-state index contributed by atoms with van der Waals surface area (Å²) in [6, 6.07) is 6.06. The molecule has 2 rings (SSSR count). The summed E-state index contributed by atoms with van der Waals surface area (Å²) in [5.74, 6) is 0. The van der Waals surface area contributed by atoms with E-state index in [-0.39, 0.29) is 5.54 Å². The Labute approximate surface area is 134 Å². The van der Waals surface area contributed by atoms with Crippen LogP contribution in [0.2, 0.25) is 0 Å². The Hall–Kier alpha value is -1.07. The van der Waals surface area contributed by atoms with Gasteiger partial charge in [-0.2, -0.15) is 0 Å². The van der Waals surface area contributed by atoms with E-state index < -0.39 is 11.7 Å². The first-order chi connectivity index (χ1) is 9.70. The average Bonchev–Trinajstić information content (AvgIpc) is 2.77. The van der Waals surface area contributed by atoms with Gasteiger partial charge in [0.05, 0.1) is 5.69 Å². The van der Waals surface area contributed by atoms with Crippen LogP contribution < -0.4 is 10.6 Å². The quantitative estimate of drug-likeness (QED) is 0.827. The molecule has 1 aliphatic heterocycles. The molecule has 0 aromatic heterocycles. The van der Waals surface area contributed by atoms with Crippen molar-refractivity contribution in [2.75, 3.05) is 11.9 Å². The minimum Gasteiger partial charge on any atom is -0.444 e. The molecule has 1 heterocycles. The molecule has 0 spiro atoms. The SMILES string of the molecule is CC(C)(C)OC(=O)Nc1cc(C2(C)CCCN2)ccc1Br. The normalized spacial score (nSPS) is 22.1. The van der Waals surface area contributed by atoms with Gasteiger partial charge >= 0.3 is 6.09 Å². The molecule has 1 unspecified atom stereocenters. The zero-order chi connectivity index (χ0) is 15.7. The maximum absolute atomic E-state index is 11.9. The molecule has 0 bridgehead atoms. The summed E-state index contributed by atoms with van der Waals surface area (Å²) in [5, 5.41) is 6.34. The van der Waals surface area contributed by atoms with E-state index in [0.717, 1.165) is 23.1 Å². The van der Waals surface area contributed by atoms with E-state index in [1.54, 1.807) is 0 Å². The van der Waals surface area contributed by atoms with Crippen molar-refractivity contribution in [3.63, 3.8) is 0 Å². The molecule has 1 amide bonds. The number of benzene rings is 1. The maximum Gasteiger partial charge on any atom is 0.412 e. The van der Waals surface area contributed by atoms with E-state index in [1.807, 2.05) is 32.9 Å². The van der Waals surface area contributed by atoms with E-state index in [0.29, 0.717) is 0 Å². The van der Waals surface area contributed by atoms with Gasteiger partial charge in [0.1, 0.15) is 5.60 Å². The molecular formula is C16H23BrN2O2. The van der Waals surface area contributed by atoms with Gasteiger partial charge in [-0.05, 0) is 80.7 Å². The van der Waals surface area contributed by atoms with Crippen molar-refractivity contribution < 1.29 is 9.53 Å². The highest BCUT2D eigenvalue weighted by atomic mass is 79.9. The van der Waals surface area contributed by atoms with Crippen molar-refractivity contribution in [2.45, 2.75) is 51.7 Å². The van der Waals surface area contributed by atoms with Gasteiger partial charge in [-0.15, -0.1) is 0 Å². The van der Waals surface area contributed by atoms with Crippen molar-refractivity contribution in [2.24, 2.45) is 0 Å². The molecule has 0 saturated carbocycles. The number of carbonyl (C=O) groups excluding carboxylic acids is 1. The molecule has 1 fully saturated rings. The molecule has 1 aromatic carbocycles. The molecule has 1 saturated heterocycles. The molecule has 1 aliphatic rings. The Morgan fingerprint density at radius 1 is 1.43 bits per heavy atom.